The van der Waals surface area contributed by atoms with E-state index in [1.165, 1.54) is 11.3 Å². The van der Waals surface area contributed by atoms with Crippen LogP contribution in [0.25, 0.3) is 11.0 Å². The summed E-state index contributed by atoms with van der Waals surface area (Å²) in [5, 5.41) is 1.74. The first-order valence-corrected chi connectivity index (χ1v) is 9.66. The quantitative estimate of drug-likeness (QED) is 0.757. The van der Waals surface area contributed by atoms with E-state index in [0.717, 1.165) is 36.3 Å². The molecule has 0 radical (unpaired) electrons. The van der Waals surface area contributed by atoms with Crippen LogP contribution in [0, 0.1) is 0 Å². The highest BCUT2D eigenvalue weighted by Crippen LogP contribution is 2.29. The summed E-state index contributed by atoms with van der Waals surface area (Å²) in [6.45, 7) is 0.758. The van der Waals surface area contributed by atoms with Crippen LogP contribution in [0.15, 0.2) is 39.9 Å². The lowest BCUT2D eigenvalue weighted by Crippen LogP contribution is -2.11. The normalized spacial score (nSPS) is 18.5. The molecule has 0 saturated carbocycles. The fourth-order valence-corrected chi connectivity index (χ4v) is 4.70. The number of anilines is 1. The summed E-state index contributed by atoms with van der Waals surface area (Å²) < 4.78 is 33.0. The lowest BCUT2D eigenvalue weighted by atomic mass is 10.2. The van der Waals surface area contributed by atoms with Gasteiger partial charge in [0, 0.05) is 6.61 Å². The van der Waals surface area contributed by atoms with E-state index in [2.05, 4.69) is 14.7 Å². The molecule has 1 fully saturated rings. The van der Waals surface area contributed by atoms with Crippen molar-refractivity contribution in [1.29, 1.82) is 0 Å². The number of ether oxygens (including phenoxy) is 1. The zero-order valence-corrected chi connectivity index (χ0v) is 13.8. The lowest BCUT2D eigenvalue weighted by molar-refractivity contribution is 0.106. The van der Waals surface area contributed by atoms with Crippen LogP contribution in [0.3, 0.4) is 0 Å². The second-order valence-corrected chi connectivity index (χ2v) is 8.25. The minimum atomic E-state index is -3.54. The zero-order chi connectivity index (χ0) is 15.9. The molecule has 0 unspecified atom stereocenters. The smallest absolute Gasteiger partial charge is 0.271 e. The van der Waals surface area contributed by atoms with E-state index in [1.807, 2.05) is 0 Å². The Bertz CT molecular complexity index is 926. The second-order valence-electron chi connectivity index (χ2n) is 5.39. The molecule has 1 saturated heterocycles. The predicted molar refractivity (Wildman–Crippen MR) is 89.1 cm³/mol. The maximum atomic E-state index is 12.3. The molecule has 2 aromatic heterocycles. The van der Waals surface area contributed by atoms with Crippen molar-refractivity contribution in [3.63, 3.8) is 0 Å². The van der Waals surface area contributed by atoms with Gasteiger partial charge < -0.3 is 9.72 Å². The first-order valence-electron chi connectivity index (χ1n) is 7.29. The van der Waals surface area contributed by atoms with Crippen LogP contribution in [0.4, 0.5) is 5.69 Å². The van der Waals surface area contributed by atoms with Crippen molar-refractivity contribution in [2.24, 2.45) is 0 Å². The molecule has 1 atom stereocenters. The van der Waals surface area contributed by atoms with Crippen LogP contribution in [0.2, 0.25) is 0 Å². The van der Waals surface area contributed by atoms with Gasteiger partial charge in [0.2, 0.25) is 0 Å². The number of hydrogen-bond acceptors (Lipinski definition) is 5. The largest absolute Gasteiger partial charge is 0.370 e. The van der Waals surface area contributed by atoms with Crippen LogP contribution in [0.1, 0.15) is 24.8 Å². The monoisotopic (exact) mass is 349 g/mol. The minimum absolute atomic E-state index is 0.00802. The maximum absolute atomic E-state index is 12.3. The summed E-state index contributed by atoms with van der Waals surface area (Å²) in [5.41, 5.74) is 2.10. The molecule has 0 amide bonds. The number of imidazole rings is 1. The highest BCUT2D eigenvalue weighted by molar-refractivity contribution is 7.94. The molecule has 0 aliphatic carbocycles. The van der Waals surface area contributed by atoms with Gasteiger partial charge in [-0.05, 0) is 42.5 Å². The number of sulfonamides is 1. The van der Waals surface area contributed by atoms with Gasteiger partial charge in [0.05, 0.1) is 16.7 Å². The summed E-state index contributed by atoms with van der Waals surface area (Å²) in [4.78, 5) is 7.76. The Morgan fingerprint density at radius 1 is 1.35 bits per heavy atom. The lowest BCUT2D eigenvalue weighted by Gasteiger charge is -2.05. The average molecular weight is 349 g/mol. The number of nitrogens with one attached hydrogen (secondary N) is 2. The Morgan fingerprint density at radius 2 is 2.26 bits per heavy atom. The van der Waals surface area contributed by atoms with Gasteiger partial charge in [-0.1, -0.05) is 6.07 Å². The van der Waals surface area contributed by atoms with Crippen LogP contribution < -0.4 is 4.72 Å². The van der Waals surface area contributed by atoms with Gasteiger partial charge in [-0.15, -0.1) is 11.3 Å². The molecular weight excluding hydrogens is 334 g/mol. The Kier molecular flexibility index (Phi) is 3.59. The molecule has 1 aliphatic rings. The van der Waals surface area contributed by atoms with Crippen molar-refractivity contribution in [3.05, 3.63) is 41.5 Å². The van der Waals surface area contributed by atoms with Gasteiger partial charge in [-0.2, -0.15) is 0 Å². The number of rotatable bonds is 4. The number of aromatic nitrogens is 2. The first-order chi connectivity index (χ1) is 11.1. The van der Waals surface area contributed by atoms with E-state index in [9.17, 15) is 8.42 Å². The topological polar surface area (TPSA) is 84.1 Å². The SMILES string of the molecule is O=S(=O)(Nc1ccc2nc([C@@H]3CCCO3)[nH]c2c1)c1cccs1. The predicted octanol–water partition coefficient (Wildman–Crippen LogP) is 3.28. The molecule has 23 heavy (non-hydrogen) atoms. The highest BCUT2D eigenvalue weighted by atomic mass is 32.2. The summed E-state index contributed by atoms with van der Waals surface area (Å²) in [6, 6.07) is 8.57. The van der Waals surface area contributed by atoms with E-state index < -0.39 is 10.0 Å². The summed E-state index contributed by atoms with van der Waals surface area (Å²) in [6.07, 6.45) is 2.00. The number of thiophene rings is 1. The van der Waals surface area contributed by atoms with E-state index >= 15 is 0 Å². The molecular formula is C15H15N3O3S2. The Hall–Kier alpha value is -1.90. The molecule has 1 aromatic carbocycles. The third-order valence-corrected chi connectivity index (χ3v) is 6.53. The van der Waals surface area contributed by atoms with Crippen molar-refractivity contribution in [3.8, 4) is 0 Å². The van der Waals surface area contributed by atoms with E-state index in [4.69, 9.17) is 4.74 Å². The fraction of sp³-hybridized carbons (Fsp3) is 0.267. The fourth-order valence-electron chi connectivity index (χ4n) is 2.66. The molecule has 1 aliphatic heterocycles. The first kappa shape index (κ1) is 14.7. The number of fused-ring (bicyclic) bond motifs is 1. The van der Waals surface area contributed by atoms with E-state index in [-0.39, 0.29) is 6.10 Å². The summed E-state index contributed by atoms with van der Waals surface area (Å²) in [7, 11) is -3.54. The number of benzene rings is 1. The number of H-pyrrole nitrogens is 1. The standard InChI is InChI=1S/C15H15N3O3S2/c19-23(20,14-4-2-8-22-14)18-10-5-6-11-12(9-10)17-15(16-11)13-3-1-7-21-13/h2,4-6,8-9,13,18H,1,3,7H2,(H,16,17)/t13-/m0/s1. The molecule has 8 heteroatoms. The molecule has 2 N–H and O–H groups in total. The van der Waals surface area contributed by atoms with Gasteiger partial charge in [0.25, 0.3) is 10.0 Å². The van der Waals surface area contributed by atoms with Crippen LogP contribution in [-0.4, -0.2) is 25.0 Å². The van der Waals surface area contributed by atoms with Crippen LogP contribution in [-0.2, 0) is 14.8 Å². The zero-order valence-electron chi connectivity index (χ0n) is 12.2. The van der Waals surface area contributed by atoms with Gasteiger partial charge in [-0.25, -0.2) is 13.4 Å². The van der Waals surface area contributed by atoms with Gasteiger partial charge in [0.15, 0.2) is 0 Å². The van der Waals surface area contributed by atoms with Gasteiger partial charge in [0.1, 0.15) is 16.1 Å². The highest BCUT2D eigenvalue weighted by Gasteiger charge is 2.21. The summed E-state index contributed by atoms with van der Waals surface area (Å²) in [5.74, 6) is 0.802. The number of aromatic amines is 1. The van der Waals surface area contributed by atoms with Crippen molar-refractivity contribution in [2.45, 2.75) is 23.2 Å². The molecule has 4 rings (SSSR count). The van der Waals surface area contributed by atoms with Crippen molar-refractivity contribution < 1.29 is 13.2 Å². The summed E-state index contributed by atoms with van der Waals surface area (Å²) >= 11 is 1.19. The Labute approximate surface area is 137 Å². The average Bonchev–Trinajstić information content (AvgIpc) is 3.26. The van der Waals surface area contributed by atoms with Crippen LogP contribution in [0.5, 0.6) is 0 Å². The minimum Gasteiger partial charge on any atom is -0.370 e. The second kappa shape index (κ2) is 5.63. The van der Waals surface area contributed by atoms with Gasteiger partial charge >= 0.3 is 0 Å². The molecule has 3 heterocycles. The molecule has 0 bridgehead atoms. The molecule has 0 spiro atoms. The third-order valence-electron chi connectivity index (χ3n) is 3.75. The number of nitrogens with zero attached hydrogens (tertiary/aromatic N) is 1. The van der Waals surface area contributed by atoms with E-state index in [1.54, 1.807) is 35.7 Å². The third kappa shape index (κ3) is 2.85. The number of hydrogen-bond donors (Lipinski definition) is 2. The van der Waals surface area contributed by atoms with Crippen molar-refractivity contribution in [1.82, 2.24) is 9.97 Å². The van der Waals surface area contributed by atoms with Crippen molar-refractivity contribution >= 4 is 38.1 Å². The van der Waals surface area contributed by atoms with Gasteiger partial charge in [-0.3, -0.25) is 4.72 Å². The molecule has 3 aromatic rings. The molecule has 6 nitrogen and oxygen atoms in total. The van der Waals surface area contributed by atoms with Crippen LogP contribution >= 0.6 is 11.3 Å². The Balaban J connectivity index is 1.64. The molecule has 120 valence electrons. The van der Waals surface area contributed by atoms with E-state index in [0.29, 0.717) is 9.90 Å². The Morgan fingerprint density at radius 3 is 3.00 bits per heavy atom. The maximum Gasteiger partial charge on any atom is 0.271 e. The van der Waals surface area contributed by atoms with Crippen molar-refractivity contribution in [2.75, 3.05) is 11.3 Å².